The molecule has 1 N–H and O–H groups in total. The van der Waals surface area contributed by atoms with Crippen molar-refractivity contribution >= 4 is 17.5 Å². The van der Waals surface area contributed by atoms with E-state index in [0.717, 1.165) is 22.7 Å². The molecular weight excluding hydrogens is 378 g/mol. The summed E-state index contributed by atoms with van der Waals surface area (Å²) in [5, 5.41) is 7.86. The van der Waals surface area contributed by atoms with Gasteiger partial charge in [-0.25, -0.2) is 4.68 Å². The number of nitrogens with one attached hydrogen (secondary N) is 1. The molecule has 0 unspecified atom stereocenters. The van der Waals surface area contributed by atoms with Crippen LogP contribution in [0.5, 0.6) is 11.5 Å². The first-order valence-electron chi connectivity index (χ1n) is 8.91. The Morgan fingerprint density at radius 2 is 2.04 bits per heavy atom. The molecule has 0 aliphatic carbocycles. The summed E-state index contributed by atoms with van der Waals surface area (Å²) in [5.41, 5.74) is 2.07. The molecule has 28 heavy (non-hydrogen) atoms. The SMILES string of the molecule is CC(C)(CNC(=O)c1cnn(-c2cccc(Cl)c2)c1)c1ccc2c(c1)OCO2. The first-order valence-corrected chi connectivity index (χ1v) is 9.29. The van der Waals surface area contributed by atoms with Crippen molar-refractivity contribution in [2.45, 2.75) is 19.3 Å². The van der Waals surface area contributed by atoms with E-state index in [9.17, 15) is 4.79 Å². The lowest BCUT2D eigenvalue weighted by atomic mass is 9.84. The van der Waals surface area contributed by atoms with Crippen molar-refractivity contribution in [2.75, 3.05) is 13.3 Å². The number of aromatic nitrogens is 2. The van der Waals surface area contributed by atoms with E-state index in [-0.39, 0.29) is 18.1 Å². The second kappa shape index (κ2) is 7.20. The number of rotatable bonds is 5. The molecule has 0 radical (unpaired) electrons. The van der Waals surface area contributed by atoms with Gasteiger partial charge in [0.2, 0.25) is 6.79 Å². The van der Waals surface area contributed by atoms with E-state index < -0.39 is 0 Å². The van der Waals surface area contributed by atoms with Gasteiger partial charge in [0, 0.05) is 23.2 Å². The highest BCUT2D eigenvalue weighted by Crippen LogP contribution is 2.36. The fraction of sp³-hybridized carbons (Fsp3) is 0.238. The second-order valence-corrected chi connectivity index (χ2v) is 7.72. The molecule has 1 aromatic heterocycles. The summed E-state index contributed by atoms with van der Waals surface area (Å²) in [6.07, 6.45) is 3.23. The van der Waals surface area contributed by atoms with Gasteiger partial charge < -0.3 is 14.8 Å². The molecule has 0 spiro atoms. The van der Waals surface area contributed by atoms with Gasteiger partial charge in [-0.05, 0) is 35.9 Å². The van der Waals surface area contributed by atoms with E-state index in [1.165, 1.54) is 0 Å². The number of hydrogen-bond donors (Lipinski definition) is 1. The molecule has 7 heteroatoms. The van der Waals surface area contributed by atoms with E-state index in [0.29, 0.717) is 17.1 Å². The van der Waals surface area contributed by atoms with Crippen molar-refractivity contribution < 1.29 is 14.3 Å². The lowest BCUT2D eigenvalue weighted by Crippen LogP contribution is -2.36. The van der Waals surface area contributed by atoms with Gasteiger partial charge in [0.15, 0.2) is 11.5 Å². The Morgan fingerprint density at radius 3 is 2.86 bits per heavy atom. The maximum Gasteiger partial charge on any atom is 0.254 e. The quantitative estimate of drug-likeness (QED) is 0.707. The van der Waals surface area contributed by atoms with Crippen LogP contribution in [0, 0.1) is 0 Å². The van der Waals surface area contributed by atoms with Gasteiger partial charge in [0.25, 0.3) is 5.91 Å². The molecule has 1 amide bonds. The molecule has 2 heterocycles. The third-order valence-electron chi connectivity index (χ3n) is 4.76. The lowest BCUT2D eigenvalue weighted by Gasteiger charge is -2.25. The summed E-state index contributed by atoms with van der Waals surface area (Å²) in [7, 11) is 0. The Labute approximate surface area is 168 Å². The fourth-order valence-electron chi connectivity index (χ4n) is 3.02. The van der Waals surface area contributed by atoms with Crippen LogP contribution in [0.15, 0.2) is 54.9 Å². The van der Waals surface area contributed by atoms with E-state index in [2.05, 4.69) is 24.3 Å². The Morgan fingerprint density at radius 1 is 1.21 bits per heavy atom. The monoisotopic (exact) mass is 397 g/mol. The van der Waals surface area contributed by atoms with Crippen LogP contribution in [0.3, 0.4) is 0 Å². The van der Waals surface area contributed by atoms with Gasteiger partial charge in [0.05, 0.1) is 17.4 Å². The van der Waals surface area contributed by atoms with Crippen LogP contribution in [0.2, 0.25) is 5.02 Å². The molecule has 0 saturated heterocycles. The highest BCUT2D eigenvalue weighted by Gasteiger charge is 2.25. The number of carbonyl (C=O) groups excluding carboxylic acids is 1. The molecule has 1 aliphatic heterocycles. The van der Waals surface area contributed by atoms with Gasteiger partial charge in [-0.1, -0.05) is 37.6 Å². The number of ether oxygens (including phenoxy) is 2. The van der Waals surface area contributed by atoms with Gasteiger partial charge in [0.1, 0.15) is 0 Å². The van der Waals surface area contributed by atoms with Crippen molar-refractivity contribution in [1.82, 2.24) is 15.1 Å². The zero-order valence-corrected chi connectivity index (χ0v) is 16.4. The third-order valence-corrected chi connectivity index (χ3v) is 5.00. The Kier molecular flexibility index (Phi) is 4.73. The Balaban J connectivity index is 1.44. The van der Waals surface area contributed by atoms with Gasteiger partial charge in [-0.3, -0.25) is 4.79 Å². The highest BCUT2D eigenvalue weighted by atomic mass is 35.5. The van der Waals surface area contributed by atoms with Crippen LogP contribution < -0.4 is 14.8 Å². The van der Waals surface area contributed by atoms with Crippen molar-refractivity contribution in [3.05, 3.63) is 71.0 Å². The maximum absolute atomic E-state index is 12.6. The minimum absolute atomic E-state index is 0.179. The fourth-order valence-corrected chi connectivity index (χ4v) is 3.21. The summed E-state index contributed by atoms with van der Waals surface area (Å²) >= 11 is 6.02. The van der Waals surface area contributed by atoms with Crippen molar-refractivity contribution in [2.24, 2.45) is 0 Å². The van der Waals surface area contributed by atoms with Crippen molar-refractivity contribution in [3.63, 3.8) is 0 Å². The molecule has 144 valence electrons. The molecule has 2 aromatic carbocycles. The van der Waals surface area contributed by atoms with E-state index >= 15 is 0 Å². The summed E-state index contributed by atoms with van der Waals surface area (Å²) in [4.78, 5) is 12.6. The Hall–Kier alpha value is -2.99. The summed E-state index contributed by atoms with van der Waals surface area (Å²) in [6, 6.07) is 13.2. The van der Waals surface area contributed by atoms with Gasteiger partial charge in [-0.15, -0.1) is 0 Å². The van der Waals surface area contributed by atoms with Crippen molar-refractivity contribution in [1.29, 1.82) is 0 Å². The highest BCUT2D eigenvalue weighted by molar-refractivity contribution is 6.30. The van der Waals surface area contributed by atoms with Crippen LogP contribution in [-0.4, -0.2) is 29.0 Å². The van der Waals surface area contributed by atoms with Gasteiger partial charge in [-0.2, -0.15) is 5.10 Å². The predicted molar refractivity (Wildman–Crippen MR) is 106 cm³/mol. The number of amides is 1. The average molecular weight is 398 g/mol. The number of carbonyl (C=O) groups is 1. The van der Waals surface area contributed by atoms with Crippen LogP contribution in [0.25, 0.3) is 5.69 Å². The molecule has 0 bridgehead atoms. The molecule has 3 aromatic rings. The molecule has 0 fully saturated rings. The zero-order valence-electron chi connectivity index (χ0n) is 15.6. The molecular formula is C21H20ClN3O3. The van der Waals surface area contributed by atoms with E-state index in [1.54, 1.807) is 29.2 Å². The minimum atomic E-state index is -0.278. The minimum Gasteiger partial charge on any atom is -0.454 e. The normalized spacial score (nSPS) is 12.8. The molecule has 0 saturated carbocycles. The zero-order chi connectivity index (χ0) is 19.7. The molecule has 4 rings (SSSR count). The molecule has 1 aliphatic rings. The van der Waals surface area contributed by atoms with Gasteiger partial charge >= 0.3 is 0 Å². The summed E-state index contributed by atoms with van der Waals surface area (Å²) in [6.45, 7) is 4.85. The summed E-state index contributed by atoms with van der Waals surface area (Å²) in [5.74, 6) is 1.30. The number of fused-ring (bicyclic) bond motifs is 1. The van der Waals surface area contributed by atoms with Crippen LogP contribution in [0.4, 0.5) is 0 Å². The maximum atomic E-state index is 12.6. The Bertz CT molecular complexity index is 1030. The number of nitrogens with zero attached hydrogens (tertiary/aromatic N) is 2. The number of halogens is 1. The third kappa shape index (κ3) is 3.68. The first kappa shape index (κ1) is 18.4. The number of hydrogen-bond acceptors (Lipinski definition) is 4. The molecule has 6 nitrogen and oxygen atoms in total. The molecule has 0 atom stereocenters. The standard InChI is InChI=1S/C21H20ClN3O3/c1-21(2,15-6-7-18-19(8-15)28-13-27-18)12-23-20(26)14-10-24-25(11-14)17-5-3-4-16(22)9-17/h3-11H,12-13H2,1-2H3,(H,23,26). The topological polar surface area (TPSA) is 65.4 Å². The predicted octanol–water partition coefficient (Wildman–Crippen LogP) is 3.96. The first-order chi connectivity index (χ1) is 13.4. The summed E-state index contributed by atoms with van der Waals surface area (Å²) < 4.78 is 12.4. The van der Waals surface area contributed by atoms with Crippen LogP contribution in [-0.2, 0) is 5.41 Å². The number of benzene rings is 2. The second-order valence-electron chi connectivity index (χ2n) is 7.29. The smallest absolute Gasteiger partial charge is 0.254 e. The van der Waals surface area contributed by atoms with Crippen molar-refractivity contribution in [3.8, 4) is 17.2 Å². The van der Waals surface area contributed by atoms with Crippen LogP contribution >= 0.6 is 11.6 Å². The van der Waals surface area contributed by atoms with E-state index in [4.69, 9.17) is 21.1 Å². The lowest BCUT2D eigenvalue weighted by molar-refractivity contribution is 0.0945. The largest absolute Gasteiger partial charge is 0.454 e. The van der Waals surface area contributed by atoms with E-state index in [1.807, 2.05) is 30.3 Å². The average Bonchev–Trinajstić information content (AvgIpc) is 3.35. The van der Waals surface area contributed by atoms with Crippen LogP contribution in [0.1, 0.15) is 29.8 Å².